The predicted octanol–water partition coefficient (Wildman–Crippen LogP) is 1.68. The molecule has 2 unspecified atom stereocenters. The number of anilines is 2. The van der Waals surface area contributed by atoms with Gasteiger partial charge in [0.15, 0.2) is 0 Å². The molecule has 1 aromatic carbocycles. The van der Waals surface area contributed by atoms with Gasteiger partial charge in [0.05, 0.1) is 11.3 Å². The highest BCUT2D eigenvalue weighted by Gasteiger charge is 2.13. The molecule has 106 valence electrons. The zero-order valence-electron chi connectivity index (χ0n) is 10.8. The number of aromatic carboxylic acids is 1. The van der Waals surface area contributed by atoms with E-state index in [0.29, 0.717) is 13.0 Å². The maximum atomic E-state index is 13.6. The zero-order chi connectivity index (χ0) is 14.6. The number of halogens is 1. The van der Waals surface area contributed by atoms with E-state index >= 15 is 0 Å². The van der Waals surface area contributed by atoms with Crippen molar-refractivity contribution in [2.75, 3.05) is 23.9 Å². The Kier molecular flexibility index (Phi) is 5.29. The molecule has 5 nitrogen and oxygen atoms in total. The van der Waals surface area contributed by atoms with E-state index < -0.39 is 22.6 Å². The maximum Gasteiger partial charge on any atom is 0.337 e. The molecule has 0 saturated heterocycles. The zero-order valence-corrected chi connectivity index (χ0v) is 11.6. The molecule has 1 aromatic rings. The van der Waals surface area contributed by atoms with Crippen LogP contribution in [0.3, 0.4) is 0 Å². The van der Waals surface area contributed by atoms with Crippen molar-refractivity contribution >= 4 is 28.1 Å². The second kappa shape index (κ2) is 6.51. The Hall–Kier alpha value is -1.63. The normalized spacial score (nSPS) is 13.8. The molecule has 0 bridgehead atoms. The summed E-state index contributed by atoms with van der Waals surface area (Å²) in [5.41, 5.74) is 5.25. The average Bonchev–Trinajstić information content (AvgIpc) is 2.30. The molecule has 0 aromatic heterocycles. The Balaban J connectivity index is 2.76. The first kappa shape index (κ1) is 15.4. The van der Waals surface area contributed by atoms with Gasteiger partial charge in [0, 0.05) is 34.5 Å². The fourth-order valence-corrected chi connectivity index (χ4v) is 1.94. The second-order valence-corrected chi connectivity index (χ2v) is 6.05. The first-order valence-electron chi connectivity index (χ1n) is 5.71. The lowest BCUT2D eigenvalue weighted by molar-refractivity contribution is 0.0698. The standard InChI is InChI=1S/C12H17FN2O3S/c1-7(19(2)18)3-4-15-11-5-8(12(16)17)10(14)6-9(11)13/h5-7,15H,3-4,14H2,1-2H3,(H,16,17). The van der Waals surface area contributed by atoms with Gasteiger partial charge >= 0.3 is 5.97 Å². The van der Waals surface area contributed by atoms with Gasteiger partial charge in [-0.15, -0.1) is 0 Å². The Morgan fingerprint density at radius 3 is 2.74 bits per heavy atom. The van der Waals surface area contributed by atoms with E-state index in [2.05, 4.69) is 5.32 Å². The van der Waals surface area contributed by atoms with E-state index in [-0.39, 0.29) is 22.2 Å². The number of nitrogen functional groups attached to an aromatic ring is 1. The number of nitrogens with two attached hydrogens (primary N) is 1. The Morgan fingerprint density at radius 1 is 1.58 bits per heavy atom. The third-order valence-corrected chi connectivity index (χ3v) is 4.17. The van der Waals surface area contributed by atoms with Gasteiger partial charge in [0.2, 0.25) is 0 Å². The molecule has 0 heterocycles. The van der Waals surface area contributed by atoms with Gasteiger partial charge in [-0.05, 0) is 18.6 Å². The van der Waals surface area contributed by atoms with E-state index in [9.17, 15) is 13.4 Å². The van der Waals surface area contributed by atoms with Crippen LogP contribution in [0.15, 0.2) is 12.1 Å². The highest BCUT2D eigenvalue weighted by atomic mass is 32.2. The number of carboxylic acid groups (broad SMARTS) is 1. The second-order valence-electron chi connectivity index (χ2n) is 4.25. The smallest absolute Gasteiger partial charge is 0.337 e. The highest BCUT2D eigenvalue weighted by molar-refractivity contribution is 7.84. The number of carboxylic acids is 1. The number of carbonyl (C=O) groups is 1. The van der Waals surface area contributed by atoms with Crippen LogP contribution >= 0.6 is 0 Å². The number of nitrogens with one attached hydrogen (secondary N) is 1. The summed E-state index contributed by atoms with van der Waals surface area (Å²) in [5.74, 6) is -1.81. The maximum absolute atomic E-state index is 13.6. The van der Waals surface area contributed by atoms with Crippen LogP contribution in [0.4, 0.5) is 15.8 Å². The number of benzene rings is 1. The monoisotopic (exact) mass is 288 g/mol. The van der Waals surface area contributed by atoms with Gasteiger partial charge in [-0.2, -0.15) is 0 Å². The third kappa shape index (κ3) is 4.20. The summed E-state index contributed by atoms with van der Waals surface area (Å²) in [5, 5.41) is 11.7. The van der Waals surface area contributed by atoms with E-state index in [0.717, 1.165) is 6.07 Å². The Morgan fingerprint density at radius 2 is 2.21 bits per heavy atom. The summed E-state index contributed by atoms with van der Waals surface area (Å²) < 4.78 is 24.7. The van der Waals surface area contributed by atoms with Crippen molar-refractivity contribution in [3.05, 3.63) is 23.5 Å². The molecule has 4 N–H and O–H groups in total. The molecule has 0 aliphatic carbocycles. The van der Waals surface area contributed by atoms with Crippen LogP contribution in [0, 0.1) is 5.82 Å². The van der Waals surface area contributed by atoms with E-state index in [1.807, 2.05) is 6.92 Å². The molecule has 19 heavy (non-hydrogen) atoms. The Bertz CT molecular complexity index is 508. The quantitative estimate of drug-likeness (QED) is 0.693. The van der Waals surface area contributed by atoms with Gasteiger partial charge in [0.25, 0.3) is 0 Å². The van der Waals surface area contributed by atoms with E-state index in [1.54, 1.807) is 6.26 Å². The van der Waals surface area contributed by atoms with Gasteiger partial charge < -0.3 is 16.2 Å². The van der Waals surface area contributed by atoms with E-state index in [1.165, 1.54) is 6.07 Å². The average molecular weight is 288 g/mol. The molecule has 1 rings (SSSR count). The lowest BCUT2D eigenvalue weighted by Crippen LogP contribution is -2.15. The van der Waals surface area contributed by atoms with Crippen LogP contribution in [-0.2, 0) is 10.8 Å². The summed E-state index contributed by atoms with van der Waals surface area (Å²) in [6, 6.07) is 2.15. The van der Waals surface area contributed by atoms with Crippen molar-refractivity contribution in [3.63, 3.8) is 0 Å². The summed E-state index contributed by atoms with van der Waals surface area (Å²) >= 11 is 0. The van der Waals surface area contributed by atoms with Gasteiger partial charge in [-0.3, -0.25) is 4.21 Å². The van der Waals surface area contributed by atoms with Gasteiger partial charge in [0.1, 0.15) is 5.82 Å². The highest BCUT2D eigenvalue weighted by Crippen LogP contribution is 2.22. The number of hydrogen-bond acceptors (Lipinski definition) is 4. The summed E-state index contributed by atoms with van der Waals surface area (Å²) in [6.45, 7) is 2.24. The van der Waals surface area contributed by atoms with Crippen LogP contribution < -0.4 is 11.1 Å². The minimum Gasteiger partial charge on any atom is -0.478 e. The van der Waals surface area contributed by atoms with Crippen molar-refractivity contribution < 1.29 is 18.5 Å². The molecule has 0 amide bonds. The summed E-state index contributed by atoms with van der Waals surface area (Å²) in [7, 11) is -0.937. The van der Waals surface area contributed by atoms with Crippen LogP contribution in [0.1, 0.15) is 23.7 Å². The Labute approximate surface area is 113 Å². The molecule has 0 fully saturated rings. The minimum absolute atomic E-state index is 0.0108. The molecule has 2 atom stereocenters. The van der Waals surface area contributed by atoms with Crippen molar-refractivity contribution in [1.82, 2.24) is 0 Å². The van der Waals surface area contributed by atoms with Crippen LogP contribution in [0.2, 0.25) is 0 Å². The van der Waals surface area contributed by atoms with Crippen molar-refractivity contribution in [2.24, 2.45) is 0 Å². The van der Waals surface area contributed by atoms with Crippen molar-refractivity contribution in [2.45, 2.75) is 18.6 Å². The first-order chi connectivity index (χ1) is 8.82. The van der Waals surface area contributed by atoms with Crippen molar-refractivity contribution in [3.8, 4) is 0 Å². The number of hydrogen-bond donors (Lipinski definition) is 3. The molecular weight excluding hydrogens is 271 g/mol. The van der Waals surface area contributed by atoms with Crippen LogP contribution in [0.25, 0.3) is 0 Å². The van der Waals surface area contributed by atoms with Crippen LogP contribution in [-0.4, -0.2) is 33.3 Å². The number of rotatable bonds is 6. The summed E-state index contributed by atoms with van der Waals surface area (Å²) in [6.07, 6.45) is 2.20. The lowest BCUT2D eigenvalue weighted by Gasteiger charge is -2.12. The lowest BCUT2D eigenvalue weighted by atomic mass is 10.1. The van der Waals surface area contributed by atoms with Crippen LogP contribution in [0.5, 0.6) is 0 Å². The molecule has 0 aliphatic rings. The molecule has 0 spiro atoms. The minimum atomic E-state index is -1.21. The molecular formula is C12H17FN2O3S. The van der Waals surface area contributed by atoms with Gasteiger partial charge in [-0.1, -0.05) is 6.92 Å². The predicted molar refractivity (Wildman–Crippen MR) is 74.4 cm³/mol. The van der Waals surface area contributed by atoms with Gasteiger partial charge in [-0.25, -0.2) is 9.18 Å². The molecule has 0 aliphatic heterocycles. The first-order valence-corrected chi connectivity index (χ1v) is 7.33. The topological polar surface area (TPSA) is 92.4 Å². The largest absolute Gasteiger partial charge is 0.478 e. The SMILES string of the molecule is CC(CCNc1cc(C(=O)O)c(N)cc1F)S(C)=O. The van der Waals surface area contributed by atoms with E-state index in [4.69, 9.17) is 10.8 Å². The summed E-state index contributed by atoms with van der Waals surface area (Å²) in [4.78, 5) is 10.9. The third-order valence-electron chi connectivity index (χ3n) is 2.80. The molecule has 7 heteroatoms. The van der Waals surface area contributed by atoms with Crippen molar-refractivity contribution in [1.29, 1.82) is 0 Å². The fraction of sp³-hybridized carbons (Fsp3) is 0.417. The fourth-order valence-electron chi connectivity index (χ4n) is 1.49. The molecule has 0 saturated carbocycles. The molecule has 0 radical (unpaired) electrons.